The van der Waals surface area contributed by atoms with Crippen LogP contribution in [0, 0.1) is 13.8 Å². The largest absolute Gasteiger partial charge is 0.396 e. The van der Waals surface area contributed by atoms with Gasteiger partial charge in [-0.15, -0.1) is 0 Å². The number of aromatic nitrogens is 1. The minimum atomic E-state index is -0.460. The predicted octanol–water partition coefficient (Wildman–Crippen LogP) is 3.08. The minimum absolute atomic E-state index is 0.460. The van der Waals surface area contributed by atoms with Crippen molar-refractivity contribution in [3.05, 3.63) is 47.2 Å². The molecule has 1 heterocycles. The highest BCUT2D eigenvalue weighted by molar-refractivity contribution is 5.71. The number of nitrogens with two attached hydrogens (primary N) is 1. The third kappa shape index (κ3) is 3.03. The molecule has 0 aliphatic rings. The number of nitrogens with zero attached hydrogens (tertiary/aromatic N) is 1. The summed E-state index contributed by atoms with van der Waals surface area (Å²) in [5.74, 6) is 0.669. The lowest BCUT2D eigenvalue weighted by Crippen LogP contribution is -2.02. The number of nitrogen functional groups attached to an aromatic ring is 1. The molecule has 4 N–H and O–H groups in total. The van der Waals surface area contributed by atoms with Crippen molar-refractivity contribution in [3.8, 4) is 0 Å². The highest BCUT2D eigenvalue weighted by atomic mass is 16.3. The molecule has 0 spiro atoms. The first-order valence-corrected chi connectivity index (χ1v) is 6.26. The molecule has 0 amide bonds. The molecule has 0 saturated heterocycles. The van der Waals surface area contributed by atoms with Crippen LogP contribution < -0.4 is 11.1 Å². The molecule has 100 valence electrons. The molecule has 0 fully saturated rings. The van der Waals surface area contributed by atoms with E-state index in [9.17, 15) is 5.11 Å². The lowest BCUT2D eigenvalue weighted by Gasteiger charge is -2.12. The molecule has 0 aliphatic heterocycles. The highest BCUT2D eigenvalue weighted by Gasteiger charge is 2.06. The molecule has 0 radical (unpaired) electrons. The summed E-state index contributed by atoms with van der Waals surface area (Å²) in [5.41, 5.74) is 10.4. The fourth-order valence-corrected chi connectivity index (χ4v) is 1.92. The van der Waals surface area contributed by atoms with Crippen LogP contribution in [0.25, 0.3) is 0 Å². The van der Waals surface area contributed by atoms with E-state index < -0.39 is 6.10 Å². The number of hydrogen-bond donors (Lipinski definition) is 3. The zero-order valence-corrected chi connectivity index (χ0v) is 11.4. The molecule has 2 rings (SSSR count). The maximum absolute atomic E-state index is 9.47. The van der Waals surface area contributed by atoms with Crippen LogP contribution in [0.4, 0.5) is 17.2 Å². The smallest absolute Gasteiger partial charge is 0.154 e. The van der Waals surface area contributed by atoms with E-state index >= 15 is 0 Å². The molecule has 4 nitrogen and oxygen atoms in total. The van der Waals surface area contributed by atoms with Gasteiger partial charge in [0.25, 0.3) is 0 Å². The standard InChI is InChI=1S/C15H19N3O/c1-9-8-10(2)17-15(14(9)16)18-13-6-4-12(5-7-13)11(3)19/h4-8,11,19H,16H2,1-3H3,(H,17,18). The minimum Gasteiger partial charge on any atom is -0.396 e. The zero-order chi connectivity index (χ0) is 14.0. The van der Waals surface area contributed by atoms with E-state index in [1.807, 2.05) is 44.2 Å². The lowest BCUT2D eigenvalue weighted by atomic mass is 10.1. The van der Waals surface area contributed by atoms with Gasteiger partial charge < -0.3 is 16.2 Å². The predicted molar refractivity (Wildman–Crippen MR) is 78.5 cm³/mol. The van der Waals surface area contributed by atoms with E-state index in [-0.39, 0.29) is 0 Å². The van der Waals surface area contributed by atoms with Crippen LogP contribution in [0.3, 0.4) is 0 Å². The molecular weight excluding hydrogens is 238 g/mol. The molecule has 0 saturated carbocycles. The SMILES string of the molecule is Cc1cc(C)c(N)c(Nc2ccc(C(C)O)cc2)n1. The summed E-state index contributed by atoms with van der Waals surface area (Å²) in [6.07, 6.45) is -0.460. The first-order chi connectivity index (χ1) is 8.97. The molecule has 0 bridgehead atoms. The molecule has 2 aromatic rings. The normalized spacial score (nSPS) is 12.2. The monoisotopic (exact) mass is 257 g/mol. The van der Waals surface area contributed by atoms with Gasteiger partial charge >= 0.3 is 0 Å². The van der Waals surface area contributed by atoms with Gasteiger partial charge in [-0.2, -0.15) is 0 Å². The van der Waals surface area contributed by atoms with Gasteiger partial charge in [-0.05, 0) is 50.1 Å². The number of aliphatic hydroxyl groups is 1. The number of aryl methyl sites for hydroxylation is 2. The van der Waals surface area contributed by atoms with Gasteiger partial charge in [0.15, 0.2) is 5.82 Å². The van der Waals surface area contributed by atoms with Crippen molar-refractivity contribution in [2.75, 3.05) is 11.1 Å². The van der Waals surface area contributed by atoms with Crippen LogP contribution in [0.1, 0.15) is 29.8 Å². The summed E-state index contributed by atoms with van der Waals surface area (Å²) in [4.78, 5) is 4.40. The number of aliphatic hydroxyl groups excluding tert-OH is 1. The van der Waals surface area contributed by atoms with E-state index in [0.29, 0.717) is 11.5 Å². The second-order valence-corrected chi connectivity index (χ2v) is 4.77. The van der Waals surface area contributed by atoms with E-state index in [1.165, 1.54) is 0 Å². The van der Waals surface area contributed by atoms with Gasteiger partial charge in [-0.1, -0.05) is 12.1 Å². The van der Waals surface area contributed by atoms with Crippen LogP contribution in [-0.2, 0) is 0 Å². The molecule has 4 heteroatoms. The summed E-state index contributed by atoms with van der Waals surface area (Å²) in [6, 6.07) is 9.52. The summed E-state index contributed by atoms with van der Waals surface area (Å²) in [6.45, 7) is 5.64. The summed E-state index contributed by atoms with van der Waals surface area (Å²) in [5, 5.41) is 12.7. The van der Waals surface area contributed by atoms with Crippen molar-refractivity contribution in [2.24, 2.45) is 0 Å². The van der Waals surface area contributed by atoms with Gasteiger partial charge in [0.05, 0.1) is 11.8 Å². The average Bonchev–Trinajstić information content (AvgIpc) is 2.36. The Kier molecular flexibility index (Phi) is 3.71. The maximum atomic E-state index is 9.47. The fourth-order valence-electron chi connectivity index (χ4n) is 1.92. The van der Waals surface area contributed by atoms with E-state index in [2.05, 4.69) is 10.3 Å². The number of pyridine rings is 1. The molecule has 1 unspecified atom stereocenters. The first-order valence-electron chi connectivity index (χ1n) is 6.26. The topological polar surface area (TPSA) is 71.2 Å². The Bertz CT molecular complexity index is 577. The molecule has 0 aliphatic carbocycles. The number of benzene rings is 1. The third-order valence-electron chi connectivity index (χ3n) is 3.05. The number of rotatable bonds is 3. The van der Waals surface area contributed by atoms with Gasteiger partial charge in [-0.3, -0.25) is 0 Å². The maximum Gasteiger partial charge on any atom is 0.154 e. The third-order valence-corrected chi connectivity index (χ3v) is 3.05. The summed E-state index contributed by atoms with van der Waals surface area (Å²) < 4.78 is 0. The van der Waals surface area contributed by atoms with Gasteiger partial charge in [0.2, 0.25) is 0 Å². The van der Waals surface area contributed by atoms with Crippen molar-refractivity contribution >= 4 is 17.2 Å². The van der Waals surface area contributed by atoms with Crippen LogP contribution >= 0.6 is 0 Å². The quantitative estimate of drug-likeness (QED) is 0.790. The molecule has 1 atom stereocenters. The Balaban J connectivity index is 2.26. The Hall–Kier alpha value is -2.07. The first kappa shape index (κ1) is 13.4. The van der Waals surface area contributed by atoms with E-state index in [0.717, 1.165) is 22.5 Å². The van der Waals surface area contributed by atoms with Gasteiger partial charge in [0, 0.05) is 11.4 Å². The molecular formula is C15H19N3O. The zero-order valence-electron chi connectivity index (χ0n) is 11.4. The van der Waals surface area contributed by atoms with E-state index in [1.54, 1.807) is 6.92 Å². The van der Waals surface area contributed by atoms with Crippen molar-refractivity contribution in [1.29, 1.82) is 0 Å². The summed E-state index contributed by atoms with van der Waals surface area (Å²) >= 11 is 0. The molecule has 19 heavy (non-hydrogen) atoms. The fraction of sp³-hybridized carbons (Fsp3) is 0.267. The van der Waals surface area contributed by atoms with Crippen molar-refractivity contribution < 1.29 is 5.11 Å². The van der Waals surface area contributed by atoms with Crippen LogP contribution in [0.2, 0.25) is 0 Å². The van der Waals surface area contributed by atoms with Crippen LogP contribution in [-0.4, -0.2) is 10.1 Å². The Morgan fingerprint density at radius 3 is 2.42 bits per heavy atom. The molecule has 1 aromatic heterocycles. The number of anilines is 3. The van der Waals surface area contributed by atoms with Gasteiger partial charge in [-0.25, -0.2) is 4.98 Å². The van der Waals surface area contributed by atoms with Gasteiger partial charge in [0.1, 0.15) is 0 Å². The van der Waals surface area contributed by atoms with Crippen LogP contribution in [0.5, 0.6) is 0 Å². The van der Waals surface area contributed by atoms with Crippen molar-refractivity contribution in [1.82, 2.24) is 4.98 Å². The highest BCUT2D eigenvalue weighted by Crippen LogP contribution is 2.25. The van der Waals surface area contributed by atoms with E-state index in [4.69, 9.17) is 5.73 Å². The Morgan fingerprint density at radius 2 is 1.84 bits per heavy atom. The van der Waals surface area contributed by atoms with Crippen molar-refractivity contribution in [3.63, 3.8) is 0 Å². The second-order valence-electron chi connectivity index (χ2n) is 4.77. The number of nitrogens with one attached hydrogen (secondary N) is 1. The van der Waals surface area contributed by atoms with Crippen LogP contribution in [0.15, 0.2) is 30.3 Å². The number of hydrogen-bond acceptors (Lipinski definition) is 4. The molecule has 1 aromatic carbocycles. The van der Waals surface area contributed by atoms with Crippen molar-refractivity contribution in [2.45, 2.75) is 26.9 Å². The Morgan fingerprint density at radius 1 is 1.21 bits per heavy atom. The lowest BCUT2D eigenvalue weighted by molar-refractivity contribution is 0.199. The average molecular weight is 257 g/mol. The summed E-state index contributed by atoms with van der Waals surface area (Å²) in [7, 11) is 0. The second kappa shape index (κ2) is 5.28. The Labute approximate surface area is 113 Å².